The van der Waals surface area contributed by atoms with Crippen molar-refractivity contribution in [2.45, 2.75) is 185 Å². The molecule has 0 aromatic rings. The molecule has 2 saturated carbocycles. The van der Waals surface area contributed by atoms with Gasteiger partial charge in [0.1, 0.15) is 0 Å². The average Bonchev–Trinajstić information content (AvgIpc) is 2.99. The van der Waals surface area contributed by atoms with Gasteiger partial charge in [-0.25, -0.2) is 0 Å². The predicted octanol–water partition coefficient (Wildman–Crippen LogP) is 2.36. The van der Waals surface area contributed by atoms with E-state index in [1.165, 1.54) is 51.4 Å². The average molecular weight is 642 g/mol. The molecule has 0 radical (unpaired) electrons. The van der Waals surface area contributed by atoms with Crippen LogP contribution < -0.4 is 57.3 Å². The zero-order valence-corrected chi connectivity index (χ0v) is 29.5. The van der Waals surface area contributed by atoms with Gasteiger partial charge in [-0.15, -0.1) is 0 Å². The SMILES string of the molecule is CC(C)(C1CCC(N)CC1)C1CCC(N)CC1.NCCCC(CCCN)N(C(N)CCCCC(N)N)C(N)CCCCC(N)N. The Kier molecular flexibility index (Phi) is 22.5. The summed E-state index contributed by atoms with van der Waals surface area (Å²) < 4.78 is 0. The van der Waals surface area contributed by atoms with Gasteiger partial charge in [0, 0.05) is 18.1 Å². The summed E-state index contributed by atoms with van der Waals surface area (Å²) in [5.41, 5.74) is 59.8. The van der Waals surface area contributed by atoms with Gasteiger partial charge >= 0.3 is 0 Å². The fourth-order valence-corrected chi connectivity index (χ4v) is 7.76. The van der Waals surface area contributed by atoms with Crippen molar-refractivity contribution in [1.82, 2.24) is 4.90 Å². The third-order valence-corrected chi connectivity index (χ3v) is 10.9. The maximum Gasteiger partial charge on any atom is 0.0588 e. The van der Waals surface area contributed by atoms with Crippen LogP contribution in [0.5, 0.6) is 0 Å². The Hall–Kier alpha value is -0.440. The summed E-state index contributed by atoms with van der Waals surface area (Å²) in [6.45, 7) is 6.33. The van der Waals surface area contributed by atoms with E-state index in [-0.39, 0.29) is 24.7 Å². The zero-order chi connectivity index (χ0) is 33.8. The molecule has 2 unspecified atom stereocenters. The molecule has 2 rings (SSSR count). The topological polar surface area (TPSA) is 263 Å². The molecule has 0 amide bonds. The fraction of sp³-hybridized carbons (Fsp3) is 1.00. The van der Waals surface area contributed by atoms with Gasteiger partial charge in [-0.1, -0.05) is 39.5 Å². The van der Waals surface area contributed by atoms with Gasteiger partial charge < -0.3 is 57.3 Å². The van der Waals surface area contributed by atoms with Crippen LogP contribution in [-0.4, -0.2) is 60.8 Å². The van der Waals surface area contributed by atoms with E-state index in [1.54, 1.807) is 0 Å². The number of rotatable bonds is 21. The second-order valence-corrected chi connectivity index (χ2v) is 15.0. The van der Waals surface area contributed by atoms with Crippen molar-refractivity contribution in [3.63, 3.8) is 0 Å². The zero-order valence-electron chi connectivity index (χ0n) is 29.5. The van der Waals surface area contributed by atoms with Gasteiger partial charge in [-0.05, 0) is 133 Å². The summed E-state index contributed by atoms with van der Waals surface area (Å²) in [4.78, 5) is 2.30. The lowest BCUT2D eigenvalue weighted by Crippen LogP contribution is -2.57. The van der Waals surface area contributed by atoms with E-state index in [1.807, 2.05) is 0 Å². The van der Waals surface area contributed by atoms with E-state index in [4.69, 9.17) is 57.3 Å². The van der Waals surface area contributed by atoms with E-state index in [2.05, 4.69) is 18.7 Å². The van der Waals surface area contributed by atoms with Crippen molar-refractivity contribution < 1.29 is 0 Å². The summed E-state index contributed by atoms with van der Waals surface area (Å²) in [5.74, 6) is 1.78. The Morgan fingerprint density at radius 3 is 1.16 bits per heavy atom. The van der Waals surface area contributed by atoms with E-state index < -0.39 is 0 Å². The normalized spacial score (nSPS) is 24.3. The molecule has 0 bridgehead atoms. The summed E-state index contributed by atoms with van der Waals surface area (Å²) in [5, 5.41) is 0. The first-order chi connectivity index (χ1) is 21.3. The molecule has 2 atom stereocenters. The molecule has 11 nitrogen and oxygen atoms in total. The minimum atomic E-state index is -0.259. The van der Waals surface area contributed by atoms with Crippen molar-refractivity contribution in [3.8, 4) is 0 Å². The molecule has 2 aliphatic rings. The molecule has 0 saturated heterocycles. The van der Waals surface area contributed by atoms with Crippen molar-refractivity contribution in [2.75, 3.05) is 13.1 Å². The summed E-state index contributed by atoms with van der Waals surface area (Å²) in [7, 11) is 0. The highest BCUT2D eigenvalue weighted by Crippen LogP contribution is 2.48. The fourth-order valence-electron chi connectivity index (χ4n) is 7.76. The van der Waals surface area contributed by atoms with Gasteiger partial charge in [-0.2, -0.15) is 0 Å². The van der Waals surface area contributed by atoms with Crippen LogP contribution in [0.3, 0.4) is 0 Å². The molecule has 2 aliphatic carbocycles. The Morgan fingerprint density at radius 1 is 0.511 bits per heavy atom. The Morgan fingerprint density at radius 2 is 0.844 bits per heavy atom. The van der Waals surface area contributed by atoms with Crippen molar-refractivity contribution in [3.05, 3.63) is 0 Å². The lowest BCUT2D eigenvalue weighted by molar-refractivity contribution is 0.0523. The van der Waals surface area contributed by atoms with E-state index in [0.29, 0.717) is 36.6 Å². The molecular weight excluding hydrogens is 562 g/mol. The molecular formula is C34H79N11. The van der Waals surface area contributed by atoms with Crippen LogP contribution in [0.2, 0.25) is 0 Å². The molecule has 0 aromatic heterocycles. The predicted molar refractivity (Wildman–Crippen MR) is 193 cm³/mol. The lowest BCUT2D eigenvalue weighted by Gasteiger charge is -2.46. The molecule has 2 fully saturated rings. The van der Waals surface area contributed by atoms with Crippen LogP contribution in [0.1, 0.15) is 142 Å². The first-order valence-corrected chi connectivity index (χ1v) is 18.6. The van der Waals surface area contributed by atoms with Gasteiger partial charge in [0.25, 0.3) is 0 Å². The van der Waals surface area contributed by atoms with Crippen LogP contribution in [0.4, 0.5) is 0 Å². The van der Waals surface area contributed by atoms with Gasteiger partial charge in [-0.3, -0.25) is 4.90 Å². The molecule has 0 spiro atoms. The monoisotopic (exact) mass is 642 g/mol. The third-order valence-electron chi connectivity index (χ3n) is 10.9. The lowest BCUT2D eigenvalue weighted by atomic mass is 9.60. The van der Waals surface area contributed by atoms with Crippen LogP contribution in [-0.2, 0) is 0 Å². The molecule has 0 aliphatic heterocycles. The van der Waals surface area contributed by atoms with Crippen LogP contribution in [0, 0.1) is 17.3 Å². The molecule has 45 heavy (non-hydrogen) atoms. The van der Waals surface area contributed by atoms with Crippen LogP contribution in [0.15, 0.2) is 0 Å². The van der Waals surface area contributed by atoms with Gasteiger partial charge in [0.2, 0.25) is 0 Å². The number of unbranched alkanes of at least 4 members (excludes halogenated alkanes) is 2. The summed E-state index contributed by atoms with van der Waals surface area (Å²) >= 11 is 0. The third kappa shape index (κ3) is 17.5. The highest BCUT2D eigenvalue weighted by atomic mass is 15.3. The first kappa shape index (κ1) is 42.6. The van der Waals surface area contributed by atoms with Crippen LogP contribution in [0.25, 0.3) is 0 Å². The Labute approximate surface area is 277 Å². The second-order valence-electron chi connectivity index (χ2n) is 15.0. The smallest absolute Gasteiger partial charge is 0.0588 e. The van der Waals surface area contributed by atoms with Crippen molar-refractivity contribution >= 4 is 0 Å². The van der Waals surface area contributed by atoms with Crippen molar-refractivity contribution in [2.24, 2.45) is 74.6 Å². The van der Waals surface area contributed by atoms with Gasteiger partial charge in [0.15, 0.2) is 0 Å². The number of nitrogens with two attached hydrogens (primary N) is 10. The molecule has 11 heteroatoms. The number of nitrogens with zero attached hydrogens (tertiary/aromatic N) is 1. The maximum atomic E-state index is 6.61. The van der Waals surface area contributed by atoms with Crippen LogP contribution >= 0.6 is 0 Å². The molecule has 20 N–H and O–H groups in total. The largest absolute Gasteiger partial charge is 0.330 e. The molecule has 270 valence electrons. The quantitative estimate of drug-likeness (QED) is 0.0642. The number of hydrogen-bond donors (Lipinski definition) is 10. The standard InChI is InChI=1S/C19H49N9.C15H30N2/c20-13-5-7-15(8-6-14-21)28(18(26)11-3-1-9-16(22)23)19(27)12-4-2-10-17(24)25;1-15(2,11-3-7-13(16)8-4-11)12-5-9-14(17)10-6-12/h15-19H,1-14,20-27H2;11-14H,3-10,16-17H2,1-2H3. The Balaban J connectivity index is 0.000000502. The second kappa shape index (κ2) is 23.8. The minimum absolute atomic E-state index is 0.0960. The number of hydrogen-bond acceptors (Lipinski definition) is 11. The first-order valence-electron chi connectivity index (χ1n) is 18.6. The van der Waals surface area contributed by atoms with Crippen molar-refractivity contribution in [1.29, 1.82) is 0 Å². The molecule has 0 heterocycles. The minimum Gasteiger partial charge on any atom is -0.330 e. The summed E-state index contributed by atoms with van der Waals surface area (Å²) in [6.07, 6.45) is 20.8. The maximum absolute atomic E-state index is 6.61. The van der Waals surface area contributed by atoms with Gasteiger partial charge in [0.05, 0.1) is 24.7 Å². The Bertz CT molecular complexity index is 638. The van der Waals surface area contributed by atoms with E-state index in [9.17, 15) is 0 Å². The molecule has 0 aromatic carbocycles. The highest BCUT2D eigenvalue weighted by molar-refractivity contribution is 4.91. The highest BCUT2D eigenvalue weighted by Gasteiger charge is 2.39. The summed E-state index contributed by atoms with van der Waals surface area (Å²) in [6, 6.07) is 1.24. The van der Waals surface area contributed by atoms with E-state index in [0.717, 1.165) is 88.9 Å². The van der Waals surface area contributed by atoms with E-state index >= 15 is 0 Å².